The Labute approximate surface area is 101 Å². The van der Waals surface area contributed by atoms with E-state index in [4.69, 9.17) is 12.2 Å². The highest BCUT2D eigenvalue weighted by Crippen LogP contribution is 2.07. The minimum atomic E-state index is 0.655. The van der Waals surface area contributed by atoms with Gasteiger partial charge in [0, 0.05) is 32.5 Å². The maximum atomic E-state index is 5.24. The fourth-order valence-corrected chi connectivity index (χ4v) is 1.37. The van der Waals surface area contributed by atoms with Crippen molar-refractivity contribution in [2.75, 3.05) is 39.1 Å². The maximum Gasteiger partial charge on any atom is 0.174 e. The number of likely N-dealkylation sites (N-methyl/N-ethyl adjacent to an activating group) is 1. The summed E-state index contributed by atoms with van der Waals surface area (Å²) in [5.41, 5.74) is 0. The van der Waals surface area contributed by atoms with Gasteiger partial charge in [0.25, 0.3) is 0 Å². The average molecular weight is 239 g/mol. The van der Waals surface area contributed by atoms with E-state index < -0.39 is 0 Å². The maximum absolute atomic E-state index is 5.24. The number of anilines is 1. The van der Waals surface area contributed by atoms with Crippen LogP contribution in [0.1, 0.15) is 0 Å². The molecule has 0 amide bonds. The number of nitrogens with zero attached hydrogens (tertiary/aromatic N) is 4. The molecule has 1 heterocycles. The topological polar surface area (TPSA) is 44.3 Å². The lowest BCUT2D eigenvalue weighted by molar-refractivity contribution is 0.419. The van der Waals surface area contributed by atoms with Crippen molar-refractivity contribution in [2.45, 2.75) is 0 Å². The summed E-state index contributed by atoms with van der Waals surface area (Å²) in [6, 6.07) is 0. The molecule has 0 aliphatic rings. The Morgan fingerprint density at radius 3 is 2.62 bits per heavy atom. The summed E-state index contributed by atoms with van der Waals surface area (Å²) in [7, 11) is 5.86. The fraction of sp³-hybridized carbons (Fsp3) is 0.500. The van der Waals surface area contributed by atoms with Crippen molar-refractivity contribution in [2.24, 2.45) is 0 Å². The second kappa shape index (κ2) is 6.34. The highest BCUT2D eigenvalue weighted by molar-refractivity contribution is 7.80. The van der Waals surface area contributed by atoms with Gasteiger partial charge in [0.1, 0.15) is 0 Å². The number of rotatable bonds is 4. The van der Waals surface area contributed by atoms with Crippen molar-refractivity contribution < 1.29 is 0 Å². The van der Waals surface area contributed by atoms with Gasteiger partial charge in [-0.3, -0.25) is 4.98 Å². The van der Waals surface area contributed by atoms with Gasteiger partial charge in [-0.05, 0) is 26.3 Å². The van der Waals surface area contributed by atoms with E-state index in [1.165, 1.54) is 0 Å². The molecule has 0 unspecified atom stereocenters. The zero-order valence-electron chi connectivity index (χ0n) is 9.84. The molecule has 0 atom stereocenters. The van der Waals surface area contributed by atoms with Crippen LogP contribution in [0.15, 0.2) is 18.6 Å². The summed E-state index contributed by atoms with van der Waals surface area (Å²) >= 11 is 5.24. The minimum Gasteiger partial charge on any atom is -0.365 e. The molecule has 1 aromatic rings. The number of hydrogen-bond acceptors (Lipinski definition) is 4. The third-order valence-corrected chi connectivity index (χ3v) is 2.48. The van der Waals surface area contributed by atoms with Crippen molar-refractivity contribution in [1.29, 1.82) is 0 Å². The van der Waals surface area contributed by atoms with Gasteiger partial charge in [0.05, 0.1) is 6.20 Å². The van der Waals surface area contributed by atoms with Gasteiger partial charge in [0.15, 0.2) is 10.9 Å². The lowest BCUT2D eigenvalue weighted by Crippen LogP contribution is -2.42. The first kappa shape index (κ1) is 12.8. The van der Waals surface area contributed by atoms with Crippen LogP contribution in [0.5, 0.6) is 0 Å². The smallest absolute Gasteiger partial charge is 0.174 e. The van der Waals surface area contributed by atoms with Crippen molar-refractivity contribution in [1.82, 2.24) is 20.2 Å². The predicted molar refractivity (Wildman–Crippen MR) is 69.6 cm³/mol. The van der Waals surface area contributed by atoms with E-state index >= 15 is 0 Å². The average Bonchev–Trinajstić information content (AvgIpc) is 2.30. The van der Waals surface area contributed by atoms with Gasteiger partial charge < -0.3 is 15.1 Å². The Kier molecular flexibility index (Phi) is 5.07. The Morgan fingerprint density at radius 1 is 1.38 bits per heavy atom. The normalized spacial score (nSPS) is 10.2. The number of thiocarbonyl (C=S) groups is 1. The zero-order valence-corrected chi connectivity index (χ0v) is 10.7. The van der Waals surface area contributed by atoms with Crippen LogP contribution in [-0.4, -0.2) is 54.2 Å². The largest absolute Gasteiger partial charge is 0.365 e. The molecule has 0 aliphatic carbocycles. The molecule has 16 heavy (non-hydrogen) atoms. The van der Waals surface area contributed by atoms with E-state index in [-0.39, 0.29) is 0 Å². The van der Waals surface area contributed by atoms with Crippen LogP contribution in [0.2, 0.25) is 0 Å². The molecule has 0 aliphatic heterocycles. The van der Waals surface area contributed by atoms with E-state index in [9.17, 15) is 0 Å². The molecule has 0 radical (unpaired) electrons. The Bertz CT molecular complexity index is 327. The van der Waals surface area contributed by atoms with Crippen LogP contribution < -0.4 is 10.2 Å². The molecule has 1 aromatic heterocycles. The summed E-state index contributed by atoms with van der Waals surface area (Å²) in [4.78, 5) is 12.3. The number of aromatic nitrogens is 2. The van der Waals surface area contributed by atoms with Crippen LogP contribution >= 0.6 is 12.2 Å². The van der Waals surface area contributed by atoms with Gasteiger partial charge in [-0.25, -0.2) is 4.98 Å². The minimum absolute atomic E-state index is 0.655. The molecule has 88 valence electrons. The van der Waals surface area contributed by atoms with Crippen LogP contribution in [0.3, 0.4) is 0 Å². The van der Waals surface area contributed by atoms with E-state index in [1.807, 2.05) is 19.0 Å². The summed E-state index contributed by atoms with van der Waals surface area (Å²) in [6.45, 7) is 1.68. The molecule has 6 heteroatoms. The molecule has 0 bridgehead atoms. The summed E-state index contributed by atoms with van der Waals surface area (Å²) in [5, 5.41) is 3.61. The molecule has 1 N–H and O–H groups in total. The molecular weight excluding hydrogens is 222 g/mol. The quantitative estimate of drug-likeness (QED) is 0.765. The second-order valence-electron chi connectivity index (χ2n) is 3.57. The Balaban J connectivity index is 2.76. The molecule has 0 aromatic carbocycles. The highest BCUT2D eigenvalue weighted by atomic mass is 32.1. The Hall–Kier alpha value is -1.27. The van der Waals surface area contributed by atoms with Crippen LogP contribution in [0, 0.1) is 0 Å². The third kappa shape index (κ3) is 3.71. The van der Waals surface area contributed by atoms with Crippen molar-refractivity contribution in [3.8, 4) is 0 Å². The van der Waals surface area contributed by atoms with E-state index in [0.717, 1.165) is 18.9 Å². The lowest BCUT2D eigenvalue weighted by atomic mass is 10.4. The molecule has 0 saturated heterocycles. The van der Waals surface area contributed by atoms with Gasteiger partial charge in [0.2, 0.25) is 0 Å². The van der Waals surface area contributed by atoms with Gasteiger partial charge >= 0.3 is 0 Å². The van der Waals surface area contributed by atoms with Crippen molar-refractivity contribution in [3.63, 3.8) is 0 Å². The monoisotopic (exact) mass is 239 g/mol. The summed E-state index contributed by atoms with van der Waals surface area (Å²) in [6.07, 6.45) is 5.02. The van der Waals surface area contributed by atoms with E-state index in [1.54, 1.807) is 25.6 Å². The van der Waals surface area contributed by atoms with Crippen LogP contribution in [0.4, 0.5) is 5.82 Å². The van der Waals surface area contributed by atoms with Gasteiger partial charge in [-0.1, -0.05) is 0 Å². The van der Waals surface area contributed by atoms with Crippen molar-refractivity contribution >= 4 is 23.1 Å². The first-order chi connectivity index (χ1) is 7.65. The standard InChI is InChI=1S/C10H17N5S/c1-11-10(16)15(7-6-14(2)3)9-8-12-4-5-13-9/h4-5,8H,6-7H2,1-3H3,(H,11,16). The van der Waals surface area contributed by atoms with Crippen molar-refractivity contribution in [3.05, 3.63) is 18.6 Å². The Morgan fingerprint density at radius 2 is 2.12 bits per heavy atom. The lowest BCUT2D eigenvalue weighted by Gasteiger charge is -2.24. The SMILES string of the molecule is CNC(=S)N(CCN(C)C)c1cnccn1. The number of hydrogen-bond donors (Lipinski definition) is 1. The first-order valence-electron chi connectivity index (χ1n) is 5.05. The van der Waals surface area contributed by atoms with Crippen LogP contribution in [0.25, 0.3) is 0 Å². The van der Waals surface area contributed by atoms with Gasteiger partial charge in [-0.2, -0.15) is 0 Å². The molecule has 0 saturated carbocycles. The molecule has 1 rings (SSSR count). The fourth-order valence-electron chi connectivity index (χ4n) is 1.19. The summed E-state index contributed by atoms with van der Waals surface area (Å²) in [5.74, 6) is 0.767. The number of nitrogens with one attached hydrogen (secondary N) is 1. The molecular formula is C10H17N5S. The van der Waals surface area contributed by atoms with E-state index in [2.05, 4.69) is 20.2 Å². The third-order valence-electron chi connectivity index (χ3n) is 2.06. The van der Waals surface area contributed by atoms with E-state index in [0.29, 0.717) is 5.11 Å². The van der Waals surface area contributed by atoms with Crippen LogP contribution in [-0.2, 0) is 0 Å². The highest BCUT2D eigenvalue weighted by Gasteiger charge is 2.12. The van der Waals surface area contributed by atoms with Gasteiger partial charge in [-0.15, -0.1) is 0 Å². The first-order valence-corrected chi connectivity index (χ1v) is 5.46. The second-order valence-corrected chi connectivity index (χ2v) is 3.96. The molecule has 0 spiro atoms. The zero-order chi connectivity index (χ0) is 12.0. The predicted octanol–water partition coefficient (Wildman–Crippen LogP) is 0.349. The molecule has 5 nitrogen and oxygen atoms in total. The summed E-state index contributed by atoms with van der Waals surface area (Å²) < 4.78 is 0. The molecule has 0 fully saturated rings.